The smallest absolute Gasteiger partial charge is 0.277 e. The number of nitrogens with zero attached hydrogens (tertiary/aromatic N) is 6. The quantitative estimate of drug-likeness (QED) is 0.615. The van der Waals surface area contributed by atoms with E-state index in [1.54, 1.807) is 6.20 Å². The fourth-order valence-electron chi connectivity index (χ4n) is 4.59. The number of H-pyrrole nitrogens is 1. The molecule has 33 heavy (non-hydrogen) atoms. The van der Waals surface area contributed by atoms with Gasteiger partial charge in [0.2, 0.25) is 5.95 Å². The van der Waals surface area contributed by atoms with Crippen LogP contribution in [0.2, 0.25) is 0 Å². The fraction of sp³-hybridized carbons (Fsp3) is 0.500. The number of aromatic nitrogens is 4. The van der Waals surface area contributed by atoms with Crippen molar-refractivity contribution < 1.29 is 0 Å². The first-order valence-electron chi connectivity index (χ1n) is 11.9. The van der Waals surface area contributed by atoms with Crippen molar-refractivity contribution in [1.29, 1.82) is 0 Å². The molecular weight excluding hydrogens is 416 g/mol. The van der Waals surface area contributed by atoms with Crippen LogP contribution in [0.15, 0.2) is 35.3 Å². The molecule has 5 rings (SSSR count). The van der Waals surface area contributed by atoms with Gasteiger partial charge in [0.1, 0.15) is 16.7 Å². The van der Waals surface area contributed by atoms with Crippen LogP contribution in [0.1, 0.15) is 31.2 Å². The Morgan fingerprint density at radius 3 is 2.39 bits per heavy atom. The second kappa shape index (κ2) is 9.84. The zero-order chi connectivity index (χ0) is 22.6. The van der Waals surface area contributed by atoms with Gasteiger partial charge in [-0.25, -0.2) is 10.1 Å². The lowest BCUT2D eigenvalue weighted by atomic mass is 10.1. The van der Waals surface area contributed by atoms with Crippen LogP contribution in [0.25, 0.3) is 10.9 Å². The highest BCUT2D eigenvalue weighted by Crippen LogP contribution is 2.25. The summed E-state index contributed by atoms with van der Waals surface area (Å²) in [6, 6.07) is 8.40. The van der Waals surface area contributed by atoms with Crippen molar-refractivity contribution in [3.05, 3.63) is 46.4 Å². The molecule has 0 saturated carbocycles. The second-order valence-corrected chi connectivity index (χ2v) is 9.13. The molecule has 174 valence electrons. The Morgan fingerprint density at radius 2 is 1.67 bits per heavy atom. The van der Waals surface area contributed by atoms with E-state index in [0.29, 0.717) is 22.7 Å². The molecule has 0 bridgehead atoms. The van der Waals surface area contributed by atoms with Crippen LogP contribution in [0, 0.1) is 0 Å². The van der Waals surface area contributed by atoms with Gasteiger partial charge in [-0.05, 0) is 37.6 Å². The van der Waals surface area contributed by atoms with Gasteiger partial charge in [0.15, 0.2) is 0 Å². The summed E-state index contributed by atoms with van der Waals surface area (Å²) in [5.74, 6) is 1.18. The second-order valence-electron chi connectivity index (χ2n) is 9.13. The van der Waals surface area contributed by atoms with Gasteiger partial charge in [-0.2, -0.15) is 10.1 Å². The predicted octanol–water partition coefficient (Wildman–Crippen LogP) is 2.58. The number of aromatic amines is 1. The maximum absolute atomic E-state index is 12.6. The Morgan fingerprint density at radius 1 is 0.939 bits per heavy atom. The summed E-state index contributed by atoms with van der Waals surface area (Å²) in [4.78, 5) is 29.1. The molecule has 0 atom stereocenters. The van der Waals surface area contributed by atoms with Crippen molar-refractivity contribution >= 4 is 28.4 Å². The molecule has 2 aromatic heterocycles. The molecule has 3 aromatic rings. The van der Waals surface area contributed by atoms with Gasteiger partial charge < -0.3 is 15.1 Å². The van der Waals surface area contributed by atoms with Crippen LogP contribution >= 0.6 is 0 Å². The lowest BCUT2D eigenvalue weighted by Crippen LogP contribution is -2.43. The number of nitrogens with one attached hydrogen (secondary N) is 2. The summed E-state index contributed by atoms with van der Waals surface area (Å²) in [7, 11) is 2.17. The van der Waals surface area contributed by atoms with Crippen molar-refractivity contribution in [2.45, 2.75) is 32.2 Å². The Hall–Kier alpha value is -3.04. The van der Waals surface area contributed by atoms with Crippen LogP contribution < -0.4 is 15.8 Å². The van der Waals surface area contributed by atoms with E-state index in [0.717, 1.165) is 64.3 Å². The molecule has 0 unspecified atom stereocenters. The lowest BCUT2D eigenvalue weighted by Gasteiger charge is -2.32. The third kappa shape index (κ3) is 5.15. The Kier molecular flexibility index (Phi) is 6.50. The highest BCUT2D eigenvalue weighted by molar-refractivity contribution is 5.90. The number of hydrogen-bond donors (Lipinski definition) is 2. The largest absolute Gasteiger partial charge is 0.341 e. The first-order valence-corrected chi connectivity index (χ1v) is 11.9. The molecule has 0 spiro atoms. The number of fused-ring (bicyclic) bond motifs is 1. The summed E-state index contributed by atoms with van der Waals surface area (Å²) in [5, 5.41) is 10.3. The van der Waals surface area contributed by atoms with Gasteiger partial charge in [-0.15, -0.1) is 0 Å². The minimum atomic E-state index is -0.288. The monoisotopic (exact) mass is 448 g/mol. The SMILES string of the molecule is CN1CCN(Cc2ccc(Nc3nc(N4CCCCCC4)nc4cn[nH]c(=O)c34)cc2)CC1. The molecule has 1 aromatic carbocycles. The summed E-state index contributed by atoms with van der Waals surface area (Å²) < 4.78 is 0. The molecule has 2 aliphatic rings. The third-order valence-corrected chi connectivity index (χ3v) is 6.61. The van der Waals surface area contributed by atoms with E-state index in [-0.39, 0.29) is 5.56 Å². The molecule has 9 heteroatoms. The number of likely N-dealkylation sites (N-methyl/N-ethyl adjacent to an activating group) is 1. The van der Waals surface area contributed by atoms with Crippen molar-refractivity contribution in [3.8, 4) is 0 Å². The van der Waals surface area contributed by atoms with E-state index in [2.05, 4.69) is 66.5 Å². The Balaban J connectivity index is 1.38. The highest BCUT2D eigenvalue weighted by Gasteiger charge is 2.18. The van der Waals surface area contributed by atoms with Gasteiger partial charge in [0, 0.05) is 51.5 Å². The predicted molar refractivity (Wildman–Crippen MR) is 131 cm³/mol. The van der Waals surface area contributed by atoms with Crippen LogP contribution in [-0.4, -0.2) is 76.3 Å². The van der Waals surface area contributed by atoms with E-state index in [1.165, 1.54) is 18.4 Å². The van der Waals surface area contributed by atoms with Gasteiger partial charge in [-0.1, -0.05) is 25.0 Å². The van der Waals surface area contributed by atoms with Crippen molar-refractivity contribution in [1.82, 2.24) is 30.0 Å². The molecule has 2 aliphatic heterocycles. The Bertz CT molecular complexity index is 1130. The minimum Gasteiger partial charge on any atom is -0.341 e. The minimum absolute atomic E-state index is 0.288. The molecule has 2 saturated heterocycles. The van der Waals surface area contributed by atoms with Gasteiger partial charge in [0.05, 0.1) is 6.20 Å². The molecule has 9 nitrogen and oxygen atoms in total. The van der Waals surface area contributed by atoms with E-state index in [9.17, 15) is 4.79 Å². The van der Waals surface area contributed by atoms with Crippen molar-refractivity contribution in [3.63, 3.8) is 0 Å². The number of anilines is 3. The summed E-state index contributed by atoms with van der Waals surface area (Å²) in [5.41, 5.74) is 2.45. The maximum Gasteiger partial charge on any atom is 0.277 e. The number of hydrogen-bond acceptors (Lipinski definition) is 8. The first kappa shape index (κ1) is 21.8. The van der Waals surface area contributed by atoms with E-state index >= 15 is 0 Å². The lowest BCUT2D eigenvalue weighted by molar-refractivity contribution is 0.148. The molecule has 2 N–H and O–H groups in total. The standard InChI is InChI=1S/C24H32N8O/c1-30-12-14-31(15-13-30)17-18-6-8-19(9-7-18)26-22-21-20(16-25-29-23(21)33)27-24(28-22)32-10-4-2-3-5-11-32/h6-9,16H,2-5,10-15,17H2,1H3,(H,29,33)(H,26,27,28). The van der Waals surface area contributed by atoms with Crippen LogP contribution in [0.4, 0.5) is 17.5 Å². The van der Waals surface area contributed by atoms with Crippen LogP contribution in [-0.2, 0) is 6.54 Å². The zero-order valence-electron chi connectivity index (χ0n) is 19.3. The average molecular weight is 449 g/mol. The summed E-state index contributed by atoms with van der Waals surface area (Å²) in [6.07, 6.45) is 6.33. The molecule has 0 radical (unpaired) electrons. The number of rotatable bonds is 5. The van der Waals surface area contributed by atoms with Gasteiger partial charge >= 0.3 is 0 Å². The molecule has 0 aliphatic carbocycles. The molecule has 2 fully saturated rings. The van der Waals surface area contributed by atoms with Gasteiger partial charge in [-0.3, -0.25) is 9.69 Å². The maximum atomic E-state index is 12.6. The molecular formula is C24H32N8O. The summed E-state index contributed by atoms with van der Waals surface area (Å²) in [6.45, 7) is 7.24. The number of piperazine rings is 1. The van der Waals surface area contributed by atoms with E-state index < -0.39 is 0 Å². The zero-order valence-corrected chi connectivity index (χ0v) is 19.3. The molecule has 4 heterocycles. The number of benzene rings is 1. The Labute approximate surface area is 193 Å². The van der Waals surface area contributed by atoms with Crippen LogP contribution in [0.3, 0.4) is 0 Å². The fourth-order valence-corrected chi connectivity index (χ4v) is 4.59. The third-order valence-electron chi connectivity index (χ3n) is 6.61. The van der Waals surface area contributed by atoms with E-state index in [1.807, 2.05) is 0 Å². The van der Waals surface area contributed by atoms with Crippen molar-refractivity contribution in [2.24, 2.45) is 0 Å². The first-order chi connectivity index (χ1) is 16.2. The normalized spacial score (nSPS) is 18.4. The highest BCUT2D eigenvalue weighted by atomic mass is 16.1. The van der Waals surface area contributed by atoms with Gasteiger partial charge in [0.25, 0.3) is 5.56 Å². The van der Waals surface area contributed by atoms with Crippen LogP contribution in [0.5, 0.6) is 0 Å². The summed E-state index contributed by atoms with van der Waals surface area (Å²) >= 11 is 0. The topological polar surface area (TPSA) is 93.3 Å². The van der Waals surface area contributed by atoms with Crippen molar-refractivity contribution in [2.75, 3.05) is 56.5 Å². The molecule has 0 amide bonds. The van der Waals surface area contributed by atoms with E-state index in [4.69, 9.17) is 4.98 Å². The average Bonchev–Trinajstić information content (AvgIpc) is 3.11.